The van der Waals surface area contributed by atoms with E-state index in [1.807, 2.05) is 6.07 Å². The molecule has 1 aromatic carbocycles. The molecule has 0 bridgehead atoms. The Hall–Kier alpha value is -1.35. The summed E-state index contributed by atoms with van der Waals surface area (Å²) in [6.45, 7) is 2.47. The van der Waals surface area contributed by atoms with E-state index < -0.39 is 0 Å². The molecule has 16 heavy (non-hydrogen) atoms. The molecule has 1 aromatic rings. The van der Waals surface area contributed by atoms with Crippen LogP contribution in [0.25, 0.3) is 0 Å². The topological polar surface area (TPSA) is 37.4 Å². The highest BCUT2D eigenvalue weighted by molar-refractivity contribution is 6.31. The second-order valence-electron chi connectivity index (χ2n) is 3.83. The minimum Gasteiger partial charge on any atom is -0.331 e. The first-order valence-corrected chi connectivity index (χ1v) is 5.59. The van der Waals surface area contributed by atoms with Crippen molar-refractivity contribution < 1.29 is 9.59 Å². The van der Waals surface area contributed by atoms with Gasteiger partial charge < -0.3 is 4.90 Å². The minimum atomic E-state index is -0.0365. The third kappa shape index (κ3) is 1.95. The van der Waals surface area contributed by atoms with Crippen LogP contribution in [0.5, 0.6) is 0 Å². The summed E-state index contributed by atoms with van der Waals surface area (Å²) in [7, 11) is 0. The first kappa shape index (κ1) is 11.1. The Morgan fingerprint density at radius 1 is 1.44 bits per heavy atom. The van der Waals surface area contributed by atoms with Gasteiger partial charge >= 0.3 is 0 Å². The van der Waals surface area contributed by atoms with Gasteiger partial charge in [0.1, 0.15) is 0 Å². The first-order chi connectivity index (χ1) is 7.61. The van der Waals surface area contributed by atoms with Gasteiger partial charge in [-0.3, -0.25) is 9.59 Å². The molecule has 4 heteroatoms. The van der Waals surface area contributed by atoms with Crippen LogP contribution in [-0.4, -0.2) is 23.1 Å². The number of fused-ring (bicyclic) bond motifs is 1. The van der Waals surface area contributed by atoms with Gasteiger partial charge in [-0.05, 0) is 17.7 Å². The maximum absolute atomic E-state index is 11.8. The van der Waals surface area contributed by atoms with E-state index in [-0.39, 0.29) is 18.2 Å². The van der Waals surface area contributed by atoms with E-state index in [9.17, 15) is 9.59 Å². The predicted octanol–water partition coefficient (Wildman–Crippen LogP) is 2.27. The molecular formula is C12H12ClNO2. The van der Waals surface area contributed by atoms with Crippen LogP contribution in [0.15, 0.2) is 18.2 Å². The fourth-order valence-corrected chi connectivity index (χ4v) is 2.04. The van der Waals surface area contributed by atoms with Crippen LogP contribution in [-0.2, 0) is 11.3 Å². The van der Waals surface area contributed by atoms with Crippen LogP contribution in [0.4, 0.5) is 0 Å². The molecule has 0 unspecified atom stereocenters. The lowest BCUT2D eigenvalue weighted by atomic mass is 9.98. The van der Waals surface area contributed by atoms with Gasteiger partial charge in [0, 0.05) is 23.6 Å². The van der Waals surface area contributed by atoms with E-state index in [1.165, 1.54) is 0 Å². The number of benzene rings is 1. The first-order valence-electron chi connectivity index (χ1n) is 5.21. The second-order valence-corrected chi connectivity index (χ2v) is 4.26. The predicted molar refractivity (Wildman–Crippen MR) is 61.5 cm³/mol. The molecule has 0 aromatic heterocycles. The van der Waals surface area contributed by atoms with Crippen molar-refractivity contribution in [2.24, 2.45) is 0 Å². The van der Waals surface area contributed by atoms with Crippen molar-refractivity contribution in [2.45, 2.75) is 19.9 Å². The zero-order chi connectivity index (χ0) is 11.7. The number of rotatable bonds is 1. The molecule has 0 aliphatic carbocycles. The Labute approximate surface area is 99.0 Å². The van der Waals surface area contributed by atoms with E-state index in [0.717, 1.165) is 5.56 Å². The summed E-state index contributed by atoms with van der Waals surface area (Å²) in [6, 6.07) is 5.23. The van der Waals surface area contributed by atoms with Crippen LogP contribution in [0.2, 0.25) is 5.02 Å². The number of amides is 1. The van der Waals surface area contributed by atoms with Crippen LogP contribution >= 0.6 is 11.6 Å². The third-order valence-corrected chi connectivity index (χ3v) is 2.96. The van der Waals surface area contributed by atoms with Crippen LogP contribution in [0, 0.1) is 0 Å². The van der Waals surface area contributed by atoms with Crippen molar-refractivity contribution in [3.05, 3.63) is 34.3 Å². The lowest BCUT2D eigenvalue weighted by Crippen LogP contribution is -2.39. The molecule has 2 rings (SSSR count). The number of carbonyl (C=O) groups excluding carboxylic acids is 2. The van der Waals surface area contributed by atoms with Crippen molar-refractivity contribution in [3.8, 4) is 0 Å². The summed E-state index contributed by atoms with van der Waals surface area (Å²) >= 11 is 5.84. The summed E-state index contributed by atoms with van der Waals surface area (Å²) in [5, 5.41) is 0.558. The Balaban J connectivity index is 2.33. The Kier molecular flexibility index (Phi) is 2.97. The number of carbonyl (C=O) groups is 2. The van der Waals surface area contributed by atoms with Gasteiger partial charge in [-0.2, -0.15) is 0 Å². The molecule has 0 N–H and O–H groups in total. The number of hydrogen-bond acceptors (Lipinski definition) is 2. The summed E-state index contributed by atoms with van der Waals surface area (Å²) in [6.07, 6.45) is 0.427. The van der Waals surface area contributed by atoms with Gasteiger partial charge in [0.2, 0.25) is 5.91 Å². The molecular weight excluding hydrogens is 226 g/mol. The zero-order valence-corrected chi connectivity index (χ0v) is 9.75. The highest BCUT2D eigenvalue weighted by Crippen LogP contribution is 2.22. The number of nitrogens with zero attached hydrogens (tertiary/aromatic N) is 1. The maximum atomic E-state index is 11.8. The van der Waals surface area contributed by atoms with Gasteiger partial charge in [0.25, 0.3) is 0 Å². The average Bonchev–Trinajstić information content (AvgIpc) is 2.28. The van der Waals surface area contributed by atoms with Crippen molar-refractivity contribution in [3.63, 3.8) is 0 Å². The number of hydrogen-bond donors (Lipinski definition) is 0. The number of Topliss-reactive ketones (excluding diaryl/α,β-unsaturated/α-hetero) is 1. The normalized spacial score (nSPS) is 14.9. The molecule has 1 amide bonds. The molecule has 3 nitrogen and oxygen atoms in total. The second kappa shape index (κ2) is 4.26. The molecule has 1 aliphatic rings. The quantitative estimate of drug-likeness (QED) is 0.752. The summed E-state index contributed by atoms with van der Waals surface area (Å²) in [4.78, 5) is 24.9. The molecule has 1 aliphatic heterocycles. The largest absolute Gasteiger partial charge is 0.331 e. The molecule has 84 valence electrons. The smallest absolute Gasteiger partial charge is 0.223 e. The Morgan fingerprint density at radius 2 is 2.19 bits per heavy atom. The highest BCUT2D eigenvalue weighted by atomic mass is 35.5. The van der Waals surface area contributed by atoms with Crippen LogP contribution in [0.3, 0.4) is 0 Å². The van der Waals surface area contributed by atoms with Gasteiger partial charge in [0.05, 0.1) is 6.54 Å². The van der Waals surface area contributed by atoms with Gasteiger partial charge in [-0.25, -0.2) is 0 Å². The monoisotopic (exact) mass is 237 g/mol. The van der Waals surface area contributed by atoms with Gasteiger partial charge in [0.15, 0.2) is 5.78 Å². The van der Waals surface area contributed by atoms with E-state index >= 15 is 0 Å². The number of halogens is 1. The highest BCUT2D eigenvalue weighted by Gasteiger charge is 2.25. The maximum Gasteiger partial charge on any atom is 0.223 e. The Bertz CT molecular complexity index is 456. The van der Waals surface area contributed by atoms with Gasteiger partial charge in [-0.15, -0.1) is 0 Å². The van der Waals surface area contributed by atoms with Crippen molar-refractivity contribution in [1.82, 2.24) is 4.90 Å². The lowest BCUT2D eigenvalue weighted by molar-refractivity contribution is -0.131. The van der Waals surface area contributed by atoms with Crippen molar-refractivity contribution in [2.75, 3.05) is 6.54 Å². The lowest BCUT2D eigenvalue weighted by Gasteiger charge is -2.27. The van der Waals surface area contributed by atoms with Crippen LogP contribution in [0.1, 0.15) is 29.3 Å². The molecule has 0 saturated heterocycles. The summed E-state index contributed by atoms with van der Waals surface area (Å²) < 4.78 is 0. The SMILES string of the molecule is CCC(=O)N1CC(=O)c2cc(Cl)ccc2C1. The van der Waals surface area contributed by atoms with E-state index in [2.05, 4.69) is 0 Å². The fourth-order valence-electron chi connectivity index (χ4n) is 1.87. The number of ketones is 1. The van der Waals surface area contributed by atoms with Crippen LogP contribution < -0.4 is 0 Å². The summed E-state index contributed by atoms with van der Waals surface area (Å²) in [5.41, 5.74) is 1.52. The minimum absolute atomic E-state index is 0.00829. The molecule has 0 atom stereocenters. The van der Waals surface area contributed by atoms with E-state index in [1.54, 1.807) is 24.0 Å². The summed E-state index contributed by atoms with van der Waals surface area (Å²) in [5.74, 6) is -0.0282. The Morgan fingerprint density at radius 3 is 2.88 bits per heavy atom. The van der Waals surface area contributed by atoms with Crippen molar-refractivity contribution >= 4 is 23.3 Å². The van der Waals surface area contributed by atoms with Crippen molar-refractivity contribution in [1.29, 1.82) is 0 Å². The average molecular weight is 238 g/mol. The van der Waals surface area contributed by atoms with E-state index in [0.29, 0.717) is 23.6 Å². The molecule has 0 saturated carbocycles. The molecule has 0 spiro atoms. The van der Waals surface area contributed by atoms with E-state index in [4.69, 9.17) is 11.6 Å². The van der Waals surface area contributed by atoms with Gasteiger partial charge in [-0.1, -0.05) is 24.6 Å². The zero-order valence-electron chi connectivity index (χ0n) is 9.00. The standard InChI is InChI=1S/C12H12ClNO2/c1-2-12(16)14-6-8-3-4-9(13)5-10(8)11(15)7-14/h3-5H,2,6-7H2,1H3. The molecule has 1 heterocycles. The molecule has 0 fully saturated rings. The fraction of sp³-hybridized carbons (Fsp3) is 0.333. The molecule has 0 radical (unpaired) electrons. The third-order valence-electron chi connectivity index (χ3n) is 2.72.